The molecule has 1 N–H and O–H groups in total. The lowest BCUT2D eigenvalue weighted by Gasteiger charge is -2.11. The van der Waals surface area contributed by atoms with Crippen molar-refractivity contribution in [1.82, 2.24) is 5.32 Å². The van der Waals surface area contributed by atoms with E-state index in [1.165, 1.54) is 22.0 Å². The third-order valence-electron chi connectivity index (χ3n) is 2.65. The molecule has 13 heavy (non-hydrogen) atoms. The van der Waals surface area contributed by atoms with Crippen molar-refractivity contribution in [3.8, 4) is 0 Å². The molecule has 2 heteroatoms. The van der Waals surface area contributed by atoms with Gasteiger partial charge in [-0.1, -0.05) is 33.6 Å². The quantitative estimate of drug-likeness (QED) is 0.795. The first-order valence-corrected chi connectivity index (χ1v) is 5.53. The zero-order chi connectivity index (χ0) is 9.26. The summed E-state index contributed by atoms with van der Waals surface area (Å²) in [6.07, 6.45) is 1.27. The van der Waals surface area contributed by atoms with E-state index in [0.29, 0.717) is 5.92 Å². The van der Waals surface area contributed by atoms with Crippen molar-refractivity contribution in [2.45, 2.75) is 19.3 Å². The molecule has 0 spiro atoms. The van der Waals surface area contributed by atoms with Crippen LogP contribution in [0.4, 0.5) is 0 Å². The Morgan fingerprint density at radius 3 is 3.00 bits per heavy atom. The van der Waals surface area contributed by atoms with Gasteiger partial charge in [-0.2, -0.15) is 0 Å². The highest BCUT2D eigenvalue weighted by molar-refractivity contribution is 9.10. The van der Waals surface area contributed by atoms with Crippen LogP contribution >= 0.6 is 15.9 Å². The van der Waals surface area contributed by atoms with Crippen molar-refractivity contribution in [2.75, 3.05) is 13.1 Å². The molecule has 70 valence electrons. The van der Waals surface area contributed by atoms with Crippen LogP contribution in [0.2, 0.25) is 0 Å². The molecule has 1 saturated heterocycles. The van der Waals surface area contributed by atoms with Crippen LogP contribution in [-0.2, 0) is 0 Å². The first kappa shape index (κ1) is 9.22. The highest BCUT2D eigenvalue weighted by Crippen LogP contribution is 2.29. The van der Waals surface area contributed by atoms with Crippen molar-refractivity contribution in [3.05, 3.63) is 33.8 Å². The zero-order valence-electron chi connectivity index (χ0n) is 7.81. The van der Waals surface area contributed by atoms with E-state index in [1.54, 1.807) is 0 Å². The molecule has 0 aliphatic carbocycles. The van der Waals surface area contributed by atoms with Crippen LogP contribution in [0.15, 0.2) is 22.7 Å². The summed E-state index contributed by atoms with van der Waals surface area (Å²) in [5.41, 5.74) is 2.81. The van der Waals surface area contributed by atoms with Gasteiger partial charge >= 0.3 is 0 Å². The summed E-state index contributed by atoms with van der Waals surface area (Å²) in [4.78, 5) is 0. The molecule has 2 rings (SSSR count). The summed E-state index contributed by atoms with van der Waals surface area (Å²) in [5, 5.41) is 3.40. The van der Waals surface area contributed by atoms with Gasteiger partial charge in [0.1, 0.15) is 0 Å². The van der Waals surface area contributed by atoms with Crippen molar-refractivity contribution >= 4 is 15.9 Å². The number of aryl methyl sites for hydroxylation is 1. The van der Waals surface area contributed by atoms with Gasteiger partial charge in [0.05, 0.1) is 0 Å². The van der Waals surface area contributed by atoms with Gasteiger partial charge in [-0.05, 0) is 37.4 Å². The number of hydrogen-bond acceptors (Lipinski definition) is 1. The van der Waals surface area contributed by atoms with Gasteiger partial charge in [-0.25, -0.2) is 0 Å². The summed E-state index contributed by atoms with van der Waals surface area (Å²) in [6.45, 7) is 4.44. The number of benzene rings is 1. The van der Waals surface area contributed by atoms with Gasteiger partial charge in [-0.15, -0.1) is 0 Å². The van der Waals surface area contributed by atoms with E-state index < -0.39 is 0 Å². The highest BCUT2D eigenvalue weighted by atomic mass is 79.9. The number of rotatable bonds is 1. The molecule has 0 saturated carbocycles. The minimum absolute atomic E-state index is 0.703. The zero-order valence-corrected chi connectivity index (χ0v) is 9.39. The minimum atomic E-state index is 0.703. The minimum Gasteiger partial charge on any atom is -0.316 e. The Morgan fingerprint density at radius 1 is 1.46 bits per heavy atom. The second-order valence-corrected chi connectivity index (χ2v) is 4.57. The van der Waals surface area contributed by atoms with E-state index in [1.807, 2.05) is 0 Å². The second kappa shape index (κ2) is 3.81. The predicted octanol–water partition coefficient (Wildman–Crippen LogP) is 2.83. The predicted molar refractivity (Wildman–Crippen MR) is 59.1 cm³/mol. The van der Waals surface area contributed by atoms with Crippen LogP contribution in [0.5, 0.6) is 0 Å². The molecule has 0 aromatic heterocycles. The topological polar surface area (TPSA) is 12.0 Å². The van der Waals surface area contributed by atoms with Crippen molar-refractivity contribution in [3.63, 3.8) is 0 Å². The lowest BCUT2D eigenvalue weighted by Crippen LogP contribution is -2.08. The molecule has 1 aliphatic rings. The number of nitrogens with one attached hydrogen (secondary N) is 1. The average Bonchev–Trinajstić information content (AvgIpc) is 2.61. The van der Waals surface area contributed by atoms with Gasteiger partial charge in [0.25, 0.3) is 0 Å². The molecule has 1 aromatic rings. The monoisotopic (exact) mass is 239 g/mol. The second-order valence-electron chi connectivity index (χ2n) is 3.71. The van der Waals surface area contributed by atoms with E-state index in [0.717, 1.165) is 13.1 Å². The fourth-order valence-corrected chi connectivity index (χ4v) is 2.47. The van der Waals surface area contributed by atoms with E-state index in [9.17, 15) is 0 Å². The molecular formula is C11H14BrN. The first-order chi connectivity index (χ1) is 6.27. The third-order valence-corrected chi connectivity index (χ3v) is 3.37. The maximum Gasteiger partial charge on any atom is 0.0210 e. The third kappa shape index (κ3) is 1.94. The summed E-state index contributed by atoms with van der Waals surface area (Å²) < 4.78 is 1.26. The van der Waals surface area contributed by atoms with Gasteiger partial charge in [0, 0.05) is 11.0 Å². The SMILES string of the molecule is Cc1ccc(Br)c(C2CCNC2)c1. The first-order valence-electron chi connectivity index (χ1n) is 4.74. The lowest BCUT2D eigenvalue weighted by atomic mass is 9.97. The fraction of sp³-hybridized carbons (Fsp3) is 0.455. The fourth-order valence-electron chi connectivity index (χ4n) is 1.90. The number of hydrogen-bond donors (Lipinski definition) is 1. The molecule has 0 radical (unpaired) electrons. The van der Waals surface area contributed by atoms with Gasteiger partial charge in [0.2, 0.25) is 0 Å². The van der Waals surface area contributed by atoms with Crippen LogP contribution < -0.4 is 5.32 Å². The van der Waals surface area contributed by atoms with Crippen molar-refractivity contribution in [1.29, 1.82) is 0 Å². The summed E-state index contributed by atoms with van der Waals surface area (Å²) in [5.74, 6) is 0.703. The van der Waals surface area contributed by atoms with Crippen molar-refractivity contribution in [2.24, 2.45) is 0 Å². The maximum absolute atomic E-state index is 3.61. The highest BCUT2D eigenvalue weighted by Gasteiger charge is 2.18. The van der Waals surface area contributed by atoms with Crippen LogP contribution in [-0.4, -0.2) is 13.1 Å². The van der Waals surface area contributed by atoms with Crippen LogP contribution in [0.3, 0.4) is 0 Å². The lowest BCUT2D eigenvalue weighted by molar-refractivity contribution is 0.758. The van der Waals surface area contributed by atoms with Gasteiger partial charge in [-0.3, -0.25) is 0 Å². The molecule has 1 aliphatic heterocycles. The Bertz CT molecular complexity index is 303. The van der Waals surface area contributed by atoms with Gasteiger partial charge < -0.3 is 5.32 Å². The molecular weight excluding hydrogens is 226 g/mol. The molecule has 1 nitrogen and oxygen atoms in total. The standard InChI is InChI=1S/C11H14BrN/c1-8-2-3-11(12)10(6-8)9-4-5-13-7-9/h2-3,6,9,13H,4-5,7H2,1H3. The maximum atomic E-state index is 3.61. The summed E-state index contributed by atoms with van der Waals surface area (Å²) in [6, 6.07) is 6.60. The van der Waals surface area contributed by atoms with E-state index in [2.05, 4.69) is 46.4 Å². The number of halogens is 1. The molecule has 1 aromatic carbocycles. The van der Waals surface area contributed by atoms with Gasteiger partial charge in [0.15, 0.2) is 0 Å². The Balaban J connectivity index is 2.32. The Hall–Kier alpha value is -0.340. The van der Waals surface area contributed by atoms with Crippen LogP contribution in [0.1, 0.15) is 23.5 Å². The van der Waals surface area contributed by atoms with Crippen LogP contribution in [0, 0.1) is 6.92 Å². The van der Waals surface area contributed by atoms with Crippen molar-refractivity contribution < 1.29 is 0 Å². The molecule has 1 unspecified atom stereocenters. The Morgan fingerprint density at radius 2 is 2.31 bits per heavy atom. The van der Waals surface area contributed by atoms with E-state index in [-0.39, 0.29) is 0 Å². The van der Waals surface area contributed by atoms with E-state index in [4.69, 9.17) is 0 Å². The molecule has 0 amide bonds. The van der Waals surface area contributed by atoms with Crippen LogP contribution in [0.25, 0.3) is 0 Å². The smallest absolute Gasteiger partial charge is 0.0210 e. The summed E-state index contributed by atoms with van der Waals surface area (Å²) >= 11 is 3.61. The summed E-state index contributed by atoms with van der Waals surface area (Å²) in [7, 11) is 0. The Kier molecular flexibility index (Phi) is 2.70. The molecule has 0 bridgehead atoms. The molecule has 1 atom stereocenters. The largest absolute Gasteiger partial charge is 0.316 e. The molecule has 1 heterocycles. The normalized spacial score (nSPS) is 22.2. The Labute approximate surface area is 87.7 Å². The van der Waals surface area contributed by atoms with E-state index >= 15 is 0 Å². The molecule has 1 fully saturated rings. The average molecular weight is 240 g/mol.